The molecule has 0 spiro atoms. The van der Waals surface area contributed by atoms with Crippen molar-refractivity contribution in [3.05, 3.63) is 35.4 Å². The molecule has 0 aliphatic rings. The van der Waals surface area contributed by atoms with E-state index < -0.39 is 0 Å². The maximum absolute atomic E-state index is 12.0. The normalized spacial score (nSPS) is 11.2. The van der Waals surface area contributed by atoms with Crippen LogP contribution in [0.15, 0.2) is 24.3 Å². The lowest BCUT2D eigenvalue weighted by atomic mass is 10.1. The van der Waals surface area contributed by atoms with Gasteiger partial charge in [0.05, 0.1) is 0 Å². The van der Waals surface area contributed by atoms with Crippen molar-refractivity contribution >= 4 is 5.91 Å². The van der Waals surface area contributed by atoms with Gasteiger partial charge in [0.1, 0.15) is 0 Å². The Balaban J connectivity index is 0.00000154. The van der Waals surface area contributed by atoms with Crippen LogP contribution < -0.4 is 5.32 Å². The van der Waals surface area contributed by atoms with Gasteiger partial charge >= 0.3 is 0 Å². The highest BCUT2D eigenvalue weighted by molar-refractivity contribution is 5.94. The molecule has 1 aromatic rings. The van der Waals surface area contributed by atoms with Crippen LogP contribution >= 0.6 is 0 Å². The molecule has 0 bridgehead atoms. The van der Waals surface area contributed by atoms with Gasteiger partial charge in [0.2, 0.25) is 0 Å². The number of carbonyl (C=O) groups excluding carboxylic acids is 1. The van der Waals surface area contributed by atoms with Gasteiger partial charge in [-0.2, -0.15) is 0 Å². The molecular formula is C17H29NO. The molecular weight excluding hydrogens is 234 g/mol. The molecule has 0 radical (unpaired) electrons. The second-order valence-corrected chi connectivity index (χ2v) is 4.59. The van der Waals surface area contributed by atoms with Gasteiger partial charge in [-0.3, -0.25) is 4.79 Å². The van der Waals surface area contributed by atoms with E-state index >= 15 is 0 Å². The predicted octanol–water partition coefficient (Wildman–Crippen LogP) is 4.72. The van der Waals surface area contributed by atoms with Crippen molar-refractivity contribution in [2.24, 2.45) is 0 Å². The first-order chi connectivity index (χ1) is 9.17. The van der Waals surface area contributed by atoms with Gasteiger partial charge in [-0.1, -0.05) is 58.2 Å². The topological polar surface area (TPSA) is 29.1 Å². The molecule has 0 saturated carbocycles. The number of aryl methyl sites for hydroxylation is 1. The maximum atomic E-state index is 12.0. The highest BCUT2D eigenvalue weighted by Crippen LogP contribution is 2.07. The number of amides is 1. The van der Waals surface area contributed by atoms with E-state index in [9.17, 15) is 4.79 Å². The van der Waals surface area contributed by atoms with Gasteiger partial charge < -0.3 is 5.32 Å². The lowest BCUT2D eigenvalue weighted by Gasteiger charge is -2.16. The summed E-state index contributed by atoms with van der Waals surface area (Å²) < 4.78 is 0. The van der Waals surface area contributed by atoms with Crippen molar-refractivity contribution in [3.63, 3.8) is 0 Å². The number of nitrogens with one attached hydrogen (secondary N) is 1. The van der Waals surface area contributed by atoms with Crippen LogP contribution in [-0.2, 0) is 0 Å². The molecule has 0 aromatic heterocycles. The zero-order valence-corrected chi connectivity index (χ0v) is 13.1. The molecule has 0 fully saturated rings. The first kappa shape index (κ1) is 17.7. The standard InChI is InChI=1S/C15H23NO.C2H6/c1-4-6-7-14(5-2)16-15(17)13-10-8-12(3)9-11-13;1-2/h8-11,14H,4-7H2,1-3H3,(H,16,17);1-2H3. The molecule has 1 rings (SSSR count). The van der Waals surface area contributed by atoms with Crippen molar-refractivity contribution in [3.8, 4) is 0 Å². The largest absolute Gasteiger partial charge is 0.349 e. The van der Waals surface area contributed by atoms with Gasteiger partial charge in [0.15, 0.2) is 0 Å². The van der Waals surface area contributed by atoms with E-state index in [1.807, 2.05) is 45.0 Å². The van der Waals surface area contributed by atoms with E-state index in [1.54, 1.807) is 0 Å². The highest BCUT2D eigenvalue weighted by atomic mass is 16.1. The molecule has 1 amide bonds. The Morgan fingerprint density at radius 3 is 2.21 bits per heavy atom. The minimum atomic E-state index is 0.0490. The van der Waals surface area contributed by atoms with E-state index in [0.717, 1.165) is 18.4 Å². The van der Waals surface area contributed by atoms with Crippen LogP contribution in [-0.4, -0.2) is 11.9 Å². The fourth-order valence-electron chi connectivity index (χ4n) is 1.80. The first-order valence-electron chi connectivity index (χ1n) is 7.54. The third-order valence-electron chi connectivity index (χ3n) is 3.05. The van der Waals surface area contributed by atoms with Crippen LogP contribution in [0.5, 0.6) is 0 Å². The fraction of sp³-hybridized carbons (Fsp3) is 0.588. The molecule has 0 aliphatic carbocycles. The second kappa shape index (κ2) is 10.6. The third kappa shape index (κ3) is 7.00. The Hall–Kier alpha value is -1.31. The summed E-state index contributed by atoms with van der Waals surface area (Å²) in [4.78, 5) is 12.0. The van der Waals surface area contributed by atoms with Crippen molar-refractivity contribution in [1.82, 2.24) is 5.32 Å². The zero-order chi connectivity index (χ0) is 14.7. The van der Waals surface area contributed by atoms with Gasteiger partial charge in [-0.05, 0) is 31.9 Å². The predicted molar refractivity (Wildman–Crippen MR) is 83.6 cm³/mol. The summed E-state index contributed by atoms with van der Waals surface area (Å²) in [6, 6.07) is 8.03. The summed E-state index contributed by atoms with van der Waals surface area (Å²) in [6.07, 6.45) is 4.42. The minimum absolute atomic E-state index is 0.0490. The Labute approximate surface area is 118 Å². The summed E-state index contributed by atoms with van der Waals surface area (Å²) in [7, 11) is 0. The van der Waals surface area contributed by atoms with Crippen LogP contribution in [0.1, 0.15) is 69.3 Å². The lowest BCUT2D eigenvalue weighted by Crippen LogP contribution is -2.34. The molecule has 0 saturated heterocycles. The van der Waals surface area contributed by atoms with Crippen molar-refractivity contribution < 1.29 is 4.79 Å². The number of hydrogen-bond donors (Lipinski definition) is 1. The van der Waals surface area contributed by atoms with Crippen LogP contribution in [0.4, 0.5) is 0 Å². The minimum Gasteiger partial charge on any atom is -0.349 e. The van der Waals surface area contributed by atoms with E-state index in [1.165, 1.54) is 18.4 Å². The van der Waals surface area contributed by atoms with Gasteiger partial charge in [0.25, 0.3) is 5.91 Å². The molecule has 2 nitrogen and oxygen atoms in total. The fourth-order valence-corrected chi connectivity index (χ4v) is 1.80. The summed E-state index contributed by atoms with van der Waals surface area (Å²) in [6.45, 7) is 10.3. The van der Waals surface area contributed by atoms with Crippen molar-refractivity contribution in [2.45, 2.75) is 66.3 Å². The number of rotatable bonds is 6. The Bertz CT molecular complexity index is 343. The molecule has 1 N–H and O–H groups in total. The molecule has 1 unspecified atom stereocenters. The molecule has 2 heteroatoms. The number of unbranched alkanes of at least 4 members (excludes halogenated alkanes) is 1. The SMILES string of the molecule is CC.CCCCC(CC)NC(=O)c1ccc(C)cc1. The average Bonchev–Trinajstić information content (AvgIpc) is 2.46. The zero-order valence-electron chi connectivity index (χ0n) is 13.1. The third-order valence-corrected chi connectivity index (χ3v) is 3.05. The molecule has 0 heterocycles. The monoisotopic (exact) mass is 263 g/mol. The van der Waals surface area contributed by atoms with Crippen LogP contribution in [0.3, 0.4) is 0 Å². The number of hydrogen-bond acceptors (Lipinski definition) is 1. The smallest absolute Gasteiger partial charge is 0.251 e. The van der Waals surface area contributed by atoms with E-state index in [2.05, 4.69) is 19.2 Å². The van der Waals surface area contributed by atoms with Crippen molar-refractivity contribution in [2.75, 3.05) is 0 Å². The number of benzene rings is 1. The molecule has 108 valence electrons. The van der Waals surface area contributed by atoms with E-state index in [-0.39, 0.29) is 5.91 Å². The average molecular weight is 263 g/mol. The molecule has 1 aromatic carbocycles. The van der Waals surface area contributed by atoms with Crippen LogP contribution in [0.25, 0.3) is 0 Å². The first-order valence-corrected chi connectivity index (χ1v) is 7.54. The Morgan fingerprint density at radius 1 is 1.16 bits per heavy atom. The second-order valence-electron chi connectivity index (χ2n) is 4.59. The van der Waals surface area contributed by atoms with Gasteiger partial charge in [-0.15, -0.1) is 0 Å². The maximum Gasteiger partial charge on any atom is 0.251 e. The Morgan fingerprint density at radius 2 is 1.74 bits per heavy atom. The highest BCUT2D eigenvalue weighted by Gasteiger charge is 2.11. The quantitative estimate of drug-likeness (QED) is 0.790. The summed E-state index contributed by atoms with van der Waals surface area (Å²) >= 11 is 0. The van der Waals surface area contributed by atoms with Gasteiger partial charge in [0, 0.05) is 11.6 Å². The summed E-state index contributed by atoms with van der Waals surface area (Å²) in [5.74, 6) is 0.0490. The van der Waals surface area contributed by atoms with E-state index in [0.29, 0.717) is 6.04 Å². The van der Waals surface area contributed by atoms with E-state index in [4.69, 9.17) is 0 Å². The van der Waals surface area contributed by atoms with Crippen LogP contribution in [0, 0.1) is 6.92 Å². The molecule has 1 atom stereocenters. The van der Waals surface area contributed by atoms with Crippen molar-refractivity contribution in [1.29, 1.82) is 0 Å². The summed E-state index contributed by atoms with van der Waals surface area (Å²) in [5, 5.41) is 3.10. The summed E-state index contributed by atoms with van der Waals surface area (Å²) in [5.41, 5.74) is 1.94. The lowest BCUT2D eigenvalue weighted by molar-refractivity contribution is 0.0933. The Kier molecular flexibility index (Phi) is 9.87. The van der Waals surface area contributed by atoms with Crippen LogP contribution in [0.2, 0.25) is 0 Å². The van der Waals surface area contributed by atoms with Gasteiger partial charge in [-0.25, -0.2) is 0 Å². The molecule has 19 heavy (non-hydrogen) atoms. The molecule has 0 aliphatic heterocycles. The number of carbonyl (C=O) groups is 1.